The maximum absolute atomic E-state index is 13.1. The fraction of sp³-hybridized carbons (Fsp3) is 0.333. The zero-order valence-electron chi connectivity index (χ0n) is 9.73. The number of hydrogen-bond donors (Lipinski definition) is 1. The number of nitrogens with one attached hydrogen (secondary N) is 1. The van der Waals surface area contributed by atoms with Crippen molar-refractivity contribution in [2.75, 3.05) is 6.54 Å². The van der Waals surface area contributed by atoms with Gasteiger partial charge in [0.2, 0.25) is 0 Å². The predicted octanol–water partition coefficient (Wildman–Crippen LogP) is 1.91. The van der Waals surface area contributed by atoms with Gasteiger partial charge in [0.05, 0.1) is 17.6 Å². The molecular formula is C12H15FN4. The Balaban J connectivity index is 2.18. The van der Waals surface area contributed by atoms with E-state index in [1.165, 1.54) is 12.1 Å². The first-order valence-electron chi connectivity index (χ1n) is 5.67. The van der Waals surface area contributed by atoms with Gasteiger partial charge in [-0.05, 0) is 31.2 Å². The highest BCUT2D eigenvalue weighted by molar-refractivity contribution is 5.32. The van der Waals surface area contributed by atoms with E-state index >= 15 is 0 Å². The van der Waals surface area contributed by atoms with E-state index in [0.29, 0.717) is 12.2 Å². The van der Waals surface area contributed by atoms with E-state index < -0.39 is 0 Å². The first-order chi connectivity index (χ1) is 8.31. The average Bonchev–Trinajstić information content (AvgIpc) is 2.78. The Hall–Kier alpha value is -1.75. The van der Waals surface area contributed by atoms with Gasteiger partial charge in [0.1, 0.15) is 5.82 Å². The van der Waals surface area contributed by atoms with Crippen molar-refractivity contribution >= 4 is 0 Å². The minimum atomic E-state index is -0.273. The van der Waals surface area contributed by atoms with Crippen LogP contribution in [0, 0.1) is 5.82 Å². The van der Waals surface area contributed by atoms with Crippen molar-refractivity contribution in [1.82, 2.24) is 20.3 Å². The summed E-state index contributed by atoms with van der Waals surface area (Å²) < 4.78 is 14.8. The van der Waals surface area contributed by atoms with Gasteiger partial charge in [-0.15, -0.1) is 5.10 Å². The van der Waals surface area contributed by atoms with E-state index in [1.54, 1.807) is 23.0 Å². The van der Waals surface area contributed by atoms with Crippen LogP contribution in [-0.2, 0) is 6.54 Å². The van der Waals surface area contributed by atoms with Gasteiger partial charge in [-0.3, -0.25) is 0 Å². The first-order valence-corrected chi connectivity index (χ1v) is 5.67. The molecule has 0 aliphatic heterocycles. The molecule has 90 valence electrons. The Bertz CT molecular complexity index is 481. The Labute approximate surface area is 99.5 Å². The number of halogens is 1. The maximum Gasteiger partial charge on any atom is 0.125 e. The lowest BCUT2D eigenvalue weighted by Crippen LogP contribution is -2.16. The molecule has 0 saturated heterocycles. The second-order valence-corrected chi connectivity index (χ2v) is 3.79. The molecule has 0 aliphatic rings. The minimum Gasteiger partial charge on any atom is -0.311 e. The highest BCUT2D eigenvalue weighted by Gasteiger charge is 2.06. The molecular weight excluding hydrogens is 219 g/mol. The van der Waals surface area contributed by atoms with Crippen LogP contribution in [0.3, 0.4) is 0 Å². The standard InChI is InChI=1S/C12H15FN4/c1-2-6-14-8-12-9-15-16-17(12)11-5-3-4-10(13)7-11/h3-5,7,9,14H,2,6,8H2,1H3. The van der Waals surface area contributed by atoms with Crippen molar-refractivity contribution in [2.24, 2.45) is 0 Å². The van der Waals surface area contributed by atoms with Crippen LogP contribution < -0.4 is 5.32 Å². The van der Waals surface area contributed by atoms with Crippen LogP contribution in [-0.4, -0.2) is 21.5 Å². The monoisotopic (exact) mass is 234 g/mol. The summed E-state index contributed by atoms with van der Waals surface area (Å²) in [5.74, 6) is -0.273. The lowest BCUT2D eigenvalue weighted by atomic mass is 10.3. The number of aromatic nitrogens is 3. The summed E-state index contributed by atoms with van der Waals surface area (Å²) in [6.07, 6.45) is 2.76. The summed E-state index contributed by atoms with van der Waals surface area (Å²) in [4.78, 5) is 0. The van der Waals surface area contributed by atoms with Gasteiger partial charge in [-0.2, -0.15) is 0 Å². The molecule has 1 aromatic heterocycles. The normalized spacial score (nSPS) is 10.7. The molecule has 0 spiro atoms. The van der Waals surface area contributed by atoms with E-state index in [2.05, 4.69) is 22.6 Å². The lowest BCUT2D eigenvalue weighted by Gasteiger charge is -2.06. The van der Waals surface area contributed by atoms with Crippen molar-refractivity contribution in [2.45, 2.75) is 19.9 Å². The van der Waals surface area contributed by atoms with E-state index in [-0.39, 0.29) is 5.82 Å². The van der Waals surface area contributed by atoms with Crippen LogP contribution in [0.2, 0.25) is 0 Å². The number of benzene rings is 1. The smallest absolute Gasteiger partial charge is 0.125 e. The molecule has 1 heterocycles. The second kappa shape index (κ2) is 5.54. The number of nitrogens with zero attached hydrogens (tertiary/aromatic N) is 3. The molecule has 0 aliphatic carbocycles. The average molecular weight is 234 g/mol. The van der Waals surface area contributed by atoms with Crippen molar-refractivity contribution in [3.63, 3.8) is 0 Å². The van der Waals surface area contributed by atoms with Gasteiger partial charge in [0.25, 0.3) is 0 Å². The Morgan fingerprint density at radius 2 is 2.29 bits per heavy atom. The third-order valence-corrected chi connectivity index (χ3v) is 2.41. The van der Waals surface area contributed by atoms with E-state index in [9.17, 15) is 4.39 Å². The highest BCUT2D eigenvalue weighted by Crippen LogP contribution is 2.10. The van der Waals surface area contributed by atoms with Crippen molar-refractivity contribution < 1.29 is 4.39 Å². The van der Waals surface area contributed by atoms with Crippen molar-refractivity contribution in [3.8, 4) is 5.69 Å². The molecule has 2 rings (SSSR count). The lowest BCUT2D eigenvalue weighted by molar-refractivity contribution is 0.618. The van der Waals surface area contributed by atoms with E-state index in [1.807, 2.05) is 0 Å². The highest BCUT2D eigenvalue weighted by atomic mass is 19.1. The molecule has 1 aromatic carbocycles. The maximum atomic E-state index is 13.1. The van der Waals surface area contributed by atoms with Crippen molar-refractivity contribution in [1.29, 1.82) is 0 Å². The largest absolute Gasteiger partial charge is 0.311 e. The number of hydrogen-bond acceptors (Lipinski definition) is 3. The van der Waals surface area contributed by atoms with Crippen LogP contribution in [0.4, 0.5) is 4.39 Å². The molecule has 1 N–H and O–H groups in total. The summed E-state index contributed by atoms with van der Waals surface area (Å²) in [6.45, 7) is 3.72. The number of rotatable bonds is 5. The zero-order chi connectivity index (χ0) is 12.1. The zero-order valence-corrected chi connectivity index (χ0v) is 9.73. The van der Waals surface area contributed by atoms with Gasteiger partial charge < -0.3 is 5.32 Å². The predicted molar refractivity (Wildman–Crippen MR) is 63.3 cm³/mol. The first kappa shape index (κ1) is 11.7. The molecule has 0 unspecified atom stereocenters. The summed E-state index contributed by atoms with van der Waals surface area (Å²) in [5, 5.41) is 11.1. The third kappa shape index (κ3) is 2.88. The van der Waals surface area contributed by atoms with E-state index in [4.69, 9.17) is 0 Å². The molecule has 17 heavy (non-hydrogen) atoms. The Morgan fingerprint density at radius 1 is 1.41 bits per heavy atom. The quantitative estimate of drug-likeness (QED) is 0.803. The topological polar surface area (TPSA) is 42.7 Å². The van der Waals surface area contributed by atoms with Gasteiger partial charge in [0, 0.05) is 6.54 Å². The Morgan fingerprint density at radius 3 is 3.06 bits per heavy atom. The molecule has 0 saturated carbocycles. The van der Waals surface area contributed by atoms with Crippen molar-refractivity contribution in [3.05, 3.63) is 42.0 Å². The molecule has 0 bridgehead atoms. The van der Waals surface area contributed by atoms with E-state index in [0.717, 1.165) is 18.7 Å². The third-order valence-electron chi connectivity index (χ3n) is 2.41. The fourth-order valence-corrected chi connectivity index (χ4v) is 1.60. The molecule has 4 nitrogen and oxygen atoms in total. The van der Waals surface area contributed by atoms with Gasteiger partial charge in [-0.1, -0.05) is 18.2 Å². The van der Waals surface area contributed by atoms with Crippen LogP contribution in [0.25, 0.3) is 5.69 Å². The molecule has 0 radical (unpaired) electrons. The van der Waals surface area contributed by atoms with Crippen LogP contribution >= 0.6 is 0 Å². The summed E-state index contributed by atoms with van der Waals surface area (Å²) in [7, 11) is 0. The van der Waals surface area contributed by atoms with Crippen LogP contribution in [0.1, 0.15) is 19.0 Å². The summed E-state index contributed by atoms with van der Waals surface area (Å²) in [5.41, 5.74) is 1.61. The van der Waals surface area contributed by atoms with Crippen LogP contribution in [0.5, 0.6) is 0 Å². The Kier molecular flexibility index (Phi) is 3.82. The molecule has 5 heteroatoms. The van der Waals surface area contributed by atoms with Gasteiger partial charge in [-0.25, -0.2) is 9.07 Å². The van der Waals surface area contributed by atoms with Crippen LogP contribution in [0.15, 0.2) is 30.5 Å². The minimum absolute atomic E-state index is 0.273. The molecule has 0 fully saturated rings. The summed E-state index contributed by atoms with van der Waals surface area (Å²) in [6, 6.07) is 6.32. The fourth-order valence-electron chi connectivity index (χ4n) is 1.60. The van der Waals surface area contributed by atoms with Gasteiger partial charge in [0.15, 0.2) is 0 Å². The molecule has 0 amide bonds. The summed E-state index contributed by atoms with van der Waals surface area (Å²) >= 11 is 0. The second-order valence-electron chi connectivity index (χ2n) is 3.79. The van der Waals surface area contributed by atoms with Gasteiger partial charge >= 0.3 is 0 Å². The molecule has 0 atom stereocenters. The molecule has 2 aromatic rings. The SMILES string of the molecule is CCCNCc1cnnn1-c1cccc(F)c1.